The maximum Gasteiger partial charge on any atom is 0.227 e. The van der Waals surface area contributed by atoms with Gasteiger partial charge in [0.2, 0.25) is 5.91 Å². The predicted octanol–water partition coefficient (Wildman–Crippen LogP) is 3.30. The average Bonchev–Trinajstić information content (AvgIpc) is 2.89. The molecule has 1 heterocycles. The van der Waals surface area contributed by atoms with Gasteiger partial charge in [-0.1, -0.05) is 44.0 Å². The molecule has 3 atom stereocenters. The van der Waals surface area contributed by atoms with E-state index in [4.69, 9.17) is 17.3 Å². The molecule has 0 bridgehead atoms. The molecule has 0 spiro atoms. The van der Waals surface area contributed by atoms with E-state index in [0.717, 1.165) is 24.8 Å². The van der Waals surface area contributed by atoms with Gasteiger partial charge in [0.05, 0.1) is 11.5 Å². The second kappa shape index (κ2) is 6.26. The Morgan fingerprint density at radius 3 is 2.40 bits per heavy atom. The minimum Gasteiger partial charge on any atom is -0.384 e. The summed E-state index contributed by atoms with van der Waals surface area (Å²) in [6.07, 6.45) is 3.29. The third-order valence-electron chi connectivity index (χ3n) is 6.39. The molecule has 1 aliphatic heterocycles. The minimum atomic E-state index is -0.976. The van der Waals surface area contributed by atoms with Crippen molar-refractivity contribution in [3.63, 3.8) is 0 Å². The number of amides is 1. The van der Waals surface area contributed by atoms with Crippen molar-refractivity contribution >= 4 is 17.5 Å². The highest BCUT2D eigenvalue weighted by Gasteiger charge is 2.51. The largest absolute Gasteiger partial charge is 0.384 e. The molecule has 0 aromatic heterocycles. The molecule has 1 aromatic carbocycles. The summed E-state index contributed by atoms with van der Waals surface area (Å²) in [5.41, 5.74) is 5.36. The number of piperidine rings is 1. The van der Waals surface area contributed by atoms with E-state index in [1.807, 2.05) is 37.8 Å². The van der Waals surface area contributed by atoms with Crippen molar-refractivity contribution in [2.75, 3.05) is 13.1 Å². The van der Waals surface area contributed by atoms with Crippen LogP contribution in [0.5, 0.6) is 0 Å². The van der Waals surface area contributed by atoms with Crippen molar-refractivity contribution in [2.24, 2.45) is 17.1 Å². The lowest BCUT2D eigenvalue weighted by molar-refractivity contribution is -0.157. The molecule has 1 amide bonds. The topological polar surface area (TPSA) is 66.6 Å². The Hall–Kier alpha value is -1.10. The van der Waals surface area contributed by atoms with Crippen molar-refractivity contribution in [3.8, 4) is 0 Å². The van der Waals surface area contributed by atoms with E-state index in [1.165, 1.54) is 0 Å². The molecule has 138 valence electrons. The first-order valence-corrected chi connectivity index (χ1v) is 9.51. The summed E-state index contributed by atoms with van der Waals surface area (Å²) in [5.74, 6) is 0.0405. The van der Waals surface area contributed by atoms with E-state index >= 15 is 0 Å². The van der Waals surface area contributed by atoms with Crippen LogP contribution in [-0.2, 0) is 10.4 Å². The summed E-state index contributed by atoms with van der Waals surface area (Å²) < 4.78 is 0. The van der Waals surface area contributed by atoms with E-state index in [0.29, 0.717) is 24.5 Å². The molecule has 3 rings (SSSR count). The average molecular weight is 365 g/mol. The first-order chi connectivity index (χ1) is 11.6. The van der Waals surface area contributed by atoms with E-state index in [9.17, 15) is 9.90 Å². The van der Waals surface area contributed by atoms with Gasteiger partial charge in [-0.3, -0.25) is 4.79 Å². The molecule has 1 saturated heterocycles. The molecule has 25 heavy (non-hydrogen) atoms. The Morgan fingerprint density at radius 2 is 1.88 bits per heavy atom. The first-order valence-electron chi connectivity index (χ1n) is 9.13. The number of carbonyl (C=O) groups excluding carboxylic acids is 1. The molecule has 4 nitrogen and oxygen atoms in total. The fourth-order valence-corrected chi connectivity index (χ4v) is 4.71. The van der Waals surface area contributed by atoms with Gasteiger partial charge in [-0.05, 0) is 43.9 Å². The zero-order valence-electron chi connectivity index (χ0n) is 15.4. The van der Waals surface area contributed by atoms with Crippen LogP contribution in [0, 0.1) is 11.3 Å². The molecular formula is C20H29ClN2O2. The Labute approximate surface area is 155 Å². The van der Waals surface area contributed by atoms with E-state index in [1.54, 1.807) is 12.1 Å². The highest BCUT2D eigenvalue weighted by atomic mass is 35.5. The van der Waals surface area contributed by atoms with Crippen LogP contribution in [0.1, 0.15) is 52.0 Å². The lowest BCUT2D eigenvalue weighted by Gasteiger charge is -2.51. The van der Waals surface area contributed by atoms with Gasteiger partial charge in [0.1, 0.15) is 0 Å². The minimum absolute atomic E-state index is 0.106. The van der Waals surface area contributed by atoms with Gasteiger partial charge < -0.3 is 15.7 Å². The van der Waals surface area contributed by atoms with Crippen molar-refractivity contribution in [1.29, 1.82) is 0 Å². The van der Waals surface area contributed by atoms with Crippen LogP contribution in [0.3, 0.4) is 0 Å². The normalized spacial score (nSPS) is 35.0. The van der Waals surface area contributed by atoms with Crippen molar-refractivity contribution < 1.29 is 9.90 Å². The van der Waals surface area contributed by atoms with Crippen molar-refractivity contribution in [1.82, 2.24) is 4.90 Å². The van der Waals surface area contributed by atoms with Gasteiger partial charge >= 0.3 is 0 Å². The van der Waals surface area contributed by atoms with Crippen LogP contribution < -0.4 is 5.73 Å². The summed E-state index contributed by atoms with van der Waals surface area (Å²) in [6.45, 7) is 7.11. The van der Waals surface area contributed by atoms with Crippen molar-refractivity contribution in [3.05, 3.63) is 34.9 Å². The summed E-state index contributed by atoms with van der Waals surface area (Å²) in [4.78, 5) is 15.0. The number of nitrogens with two attached hydrogens (primary N) is 1. The molecule has 1 aromatic rings. The Kier molecular flexibility index (Phi) is 4.68. The number of aliphatic hydroxyl groups is 1. The second-order valence-electron chi connectivity index (χ2n) is 8.71. The molecule has 2 aliphatic rings. The molecule has 3 N–H and O–H groups in total. The quantitative estimate of drug-likeness (QED) is 0.846. The third-order valence-corrected chi connectivity index (χ3v) is 6.64. The molecule has 1 aliphatic carbocycles. The summed E-state index contributed by atoms with van der Waals surface area (Å²) >= 11 is 5.98. The monoisotopic (exact) mass is 364 g/mol. The van der Waals surface area contributed by atoms with Crippen LogP contribution in [0.15, 0.2) is 24.3 Å². The highest BCUT2D eigenvalue weighted by Crippen LogP contribution is 2.47. The molecule has 0 unspecified atom stereocenters. The number of benzene rings is 1. The van der Waals surface area contributed by atoms with Crippen LogP contribution >= 0.6 is 11.6 Å². The summed E-state index contributed by atoms with van der Waals surface area (Å²) in [5, 5.41) is 12.1. The SMILES string of the molecule is CC1(C)CN(C(=O)[C@H]2CCC[C@@]2(C)N)CC[C@]1(O)c1ccc(Cl)cc1. The van der Waals surface area contributed by atoms with Crippen LogP contribution in [0.25, 0.3) is 0 Å². The van der Waals surface area contributed by atoms with Crippen molar-refractivity contribution in [2.45, 2.75) is 57.6 Å². The zero-order valence-corrected chi connectivity index (χ0v) is 16.1. The Morgan fingerprint density at radius 1 is 1.24 bits per heavy atom. The second-order valence-corrected chi connectivity index (χ2v) is 9.15. The first kappa shape index (κ1) is 18.7. The maximum absolute atomic E-state index is 13.0. The van der Waals surface area contributed by atoms with Gasteiger partial charge in [-0.25, -0.2) is 0 Å². The zero-order chi connectivity index (χ0) is 18.5. The smallest absolute Gasteiger partial charge is 0.227 e. The number of halogens is 1. The standard InChI is InChI=1S/C20H29ClN2O2/c1-18(2)13-23(17(24)16-5-4-10-19(16,3)22)12-11-20(18,25)14-6-8-15(21)9-7-14/h6-9,16,25H,4-5,10-13,22H2,1-3H3/t16-,19-,20+/m1/s1. The third kappa shape index (κ3) is 3.20. The van der Waals surface area contributed by atoms with Crippen LogP contribution in [0.2, 0.25) is 5.02 Å². The molecule has 0 radical (unpaired) electrons. The molecule has 2 fully saturated rings. The highest BCUT2D eigenvalue weighted by molar-refractivity contribution is 6.30. The number of hydrogen-bond donors (Lipinski definition) is 2. The fourth-order valence-electron chi connectivity index (χ4n) is 4.59. The number of nitrogens with zero attached hydrogens (tertiary/aromatic N) is 1. The van der Waals surface area contributed by atoms with Gasteiger partial charge in [0.15, 0.2) is 0 Å². The lowest BCUT2D eigenvalue weighted by Crippen LogP contribution is -2.59. The van der Waals surface area contributed by atoms with Crippen LogP contribution in [0.4, 0.5) is 0 Å². The predicted molar refractivity (Wildman–Crippen MR) is 100 cm³/mol. The van der Waals surface area contributed by atoms with Gasteiger partial charge in [0.25, 0.3) is 0 Å². The van der Waals surface area contributed by atoms with E-state index in [-0.39, 0.29) is 11.8 Å². The number of carbonyl (C=O) groups is 1. The summed E-state index contributed by atoms with van der Waals surface area (Å²) in [7, 11) is 0. The van der Waals surface area contributed by atoms with E-state index in [2.05, 4.69) is 0 Å². The maximum atomic E-state index is 13.0. The molecular weight excluding hydrogens is 336 g/mol. The summed E-state index contributed by atoms with van der Waals surface area (Å²) in [6, 6.07) is 7.38. The Bertz CT molecular complexity index is 656. The number of likely N-dealkylation sites (tertiary alicyclic amines) is 1. The number of rotatable bonds is 2. The molecule has 5 heteroatoms. The van der Waals surface area contributed by atoms with Crippen LogP contribution in [-0.4, -0.2) is 34.5 Å². The van der Waals surface area contributed by atoms with Gasteiger partial charge in [-0.15, -0.1) is 0 Å². The lowest BCUT2D eigenvalue weighted by atomic mass is 9.66. The van der Waals surface area contributed by atoms with E-state index < -0.39 is 16.6 Å². The molecule has 1 saturated carbocycles. The Balaban J connectivity index is 1.80. The van der Waals surface area contributed by atoms with Gasteiger partial charge in [-0.2, -0.15) is 0 Å². The fraction of sp³-hybridized carbons (Fsp3) is 0.650. The van der Waals surface area contributed by atoms with Gasteiger partial charge in [0, 0.05) is 29.1 Å². The number of hydrogen-bond acceptors (Lipinski definition) is 3.